The van der Waals surface area contributed by atoms with E-state index in [1.165, 1.54) is 0 Å². The molecule has 0 aromatic carbocycles. The van der Waals surface area contributed by atoms with Crippen molar-refractivity contribution in [2.75, 3.05) is 4.90 Å². The molecule has 1 aliphatic carbocycles. The smallest absolute Gasteiger partial charge is 0.425 e. The van der Waals surface area contributed by atoms with Crippen LogP contribution in [-0.2, 0) is 15.7 Å². The first-order valence-corrected chi connectivity index (χ1v) is 13.3. The largest absolute Gasteiger partial charge is 0.443 e. The standard InChI is InChI=1S/C27H31F5N6O5/c1-24(2,3)42-22(39)37(23(40)43-25(4,5)6)19-18-20(35-14-34-19)38(16-9-7-8-11-26(16,28)29)36-21(18)41-17-13-15(10-12-33-17)27(30,31)32/h10,12-14,16H,7-9,11H2,1-6H3. The van der Waals surface area contributed by atoms with Gasteiger partial charge in [0.25, 0.3) is 11.8 Å². The second kappa shape index (κ2) is 11.2. The molecule has 1 unspecified atom stereocenters. The summed E-state index contributed by atoms with van der Waals surface area (Å²) in [6.45, 7) is 9.28. The fourth-order valence-corrected chi connectivity index (χ4v) is 4.37. The van der Waals surface area contributed by atoms with Crippen LogP contribution < -0.4 is 9.64 Å². The van der Waals surface area contributed by atoms with Crippen LogP contribution in [0.15, 0.2) is 24.7 Å². The van der Waals surface area contributed by atoms with Gasteiger partial charge >= 0.3 is 18.4 Å². The lowest BCUT2D eigenvalue weighted by molar-refractivity contribution is -0.137. The molecule has 4 rings (SSSR count). The van der Waals surface area contributed by atoms with Gasteiger partial charge in [-0.1, -0.05) is 6.42 Å². The fourth-order valence-electron chi connectivity index (χ4n) is 4.37. The molecule has 0 spiro atoms. The number of alkyl halides is 5. The van der Waals surface area contributed by atoms with Crippen molar-refractivity contribution in [1.29, 1.82) is 0 Å². The van der Waals surface area contributed by atoms with Gasteiger partial charge in [0, 0.05) is 18.7 Å². The second-order valence-electron chi connectivity index (χ2n) is 11.9. The van der Waals surface area contributed by atoms with Gasteiger partial charge in [0.05, 0.1) is 5.56 Å². The van der Waals surface area contributed by atoms with E-state index < -0.39 is 71.1 Å². The van der Waals surface area contributed by atoms with Gasteiger partial charge in [0.1, 0.15) is 29.0 Å². The molecule has 0 bridgehead atoms. The number of fused-ring (bicyclic) bond motifs is 1. The van der Waals surface area contributed by atoms with E-state index in [0.717, 1.165) is 17.2 Å². The summed E-state index contributed by atoms with van der Waals surface area (Å²) in [5.41, 5.74) is -3.56. The Morgan fingerprint density at radius 3 is 2.16 bits per heavy atom. The second-order valence-corrected chi connectivity index (χ2v) is 11.9. The van der Waals surface area contributed by atoms with E-state index in [9.17, 15) is 22.8 Å². The third-order valence-corrected chi connectivity index (χ3v) is 6.08. The summed E-state index contributed by atoms with van der Waals surface area (Å²) in [6.07, 6.45) is -5.19. The number of carbonyl (C=O) groups is 2. The van der Waals surface area contributed by atoms with Gasteiger partial charge in [-0.05, 0) is 60.5 Å². The quantitative estimate of drug-likeness (QED) is 0.276. The number of halogens is 5. The molecule has 16 heteroatoms. The number of anilines is 1. The zero-order valence-electron chi connectivity index (χ0n) is 24.3. The predicted octanol–water partition coefficient (Wildman–Crippen LogP) is 7.46. The van der Waals surface area contributed by atoms with E-state index in [4.69, 9.17) is 14.2 Å². The molecule has 1 atom stereocenters. The Labute approximate surface area is 243 Å². The van der Waals surface area contributed by atoms with Crippen molar-refractivity contribution < 1.29 is 45.8 Å². The van der Waals surface area contributed by atoms with E-state index in [2.05, 4.69) is 20.1 Å². The number of hydrogen-bond donors (Lipinski definition) is 0. The highest BCUT2D eigenvalue weighted by Gasteiger charge is 2.45. The summed E-state index contributed by atoms with van der Waals surface area (Å²) >= 11 is 0. The summed E-state index contributed by atoms with van der Waals surface area (Å²) in [7, 11) is 0. The van der Waals surface area contributed by atoms with Crippen molar-refractivity contribution in [3.05, 3.63) is 30.2 Å². The number of aromatic nitrogens is 5. The number of carbonyl (C=O) groups excluding carboxylic acids is 2. The first kappa shape index (κ1) is 31.8. The van der Waals surface area contributed by atoms with Crippen LogP contribution in [0.1, 0.15) is 78.8 Å². The number of amides is 2. The zero-order chi connectivity index (χ0) is 32.0. The molecule has 43 heavy (non-hydrogen) atoms. The van der Waals surface area contributed by atoms with Crippen molar-refractivity contribution in [1.82, 2.24) is 24.7 Å². The molecule has 1 aliphatic rings. The van der Waals surface area contributed by atoms with E-state index in [0.29, 0.717) is 23.5 Å². The van der Waals surface area contributed by atoms with Crippen LogP contribution in [-0.4, -0.2) is 54.0 Å². The van der Waals surface area contributed by atoms with Crippen LogP contribution in [0.2, 0.25) is 0 Å². The minimum atomic E-state index is -4.74. The third-order valence-electron chi connectivity index (χ3n) is 6.08. The van der Waals surface area contributed by atoms with Crippen LogP contribution in [0, 0.1) is 0 Å². The minimum absolute atomic E-state index is 0.00773. The maximum atomic E-state index is 15.1. The monoisotopic (exact) mass is 614 g/mol. The molecule has 2 amide bonds. The zero-order valence-corrected chi connectivity index (χ0v) is 24.3. The average Bonchev–Trinajstić information content (AvgIpc) is 3.20. The molecule has 234 valence electrons. The number of hydrogen-bond acceptors (Lipinski definition) is 9. The Balaban J connectivity index is 1.96. The van der Waals surface area contributed by atoms with E-state index in [-0.39, 0.29) is 23.9 Å². The highest BCUT2D eigenvalue weighted by Crippen LogP contribution is 2.45. The highest BCUT2D eigenvalue weighted by molar-refractivity contribution is 6.14. The van der Waals surface area contributed by atoms with Crippen molar-refractivity contribution in [2.45, 2.75) is 96.6 Å². The Hall–Kier alpha value is -4.11. The van der Waals surface area contributed by atoms with Gasteiger partial charge in [0.15, 0.2) is 11.5 Å². The molecule has 1 saturated carbocycles. The molecule has 0 N–H and O–H groups in total. The van der Waals surface area contributed by atoms with Crippen LogP contribution in [0.3, 0.4) is 0 Å². The van der Waals surface area contributed by atoms with E-state index in [1.54, 1.807) is 41.5 Å². The van der Waals surface area contributed by atoms with Crippen LogP contribution in [0.4, 0.5) is 37.4 Å². The topological polar surface area (TPSA) is 122 Å². The highest BCUT2D eigenvalue weighted by atomic mass is 19.4. The molecule has 3 aromatic heterocycles. The van der Waals surface area contributed by atoms with Crippen LogP contribution in [0.5, 0.6) is 11.8 Å². The molecule has 3 aromatic rings. The average molecular weight is 615 g/mol. The SMILES string of the molecule is CC(C)(C)OC(=O)N(C(=O)OC(C)(C)C)c1ncnc2c1c(Oc1cc(C(F)(F)F)ccn1)nn2C1CCCCC1(F)F. The number of imide groups is 1. The van der Waals surface area contributed by atoms with Gasteiger partial charge in [-0.25, -0.2) is 38.0 Å². The first-order chi connectivity index (χ1) is 19.8. The van der Waals surface area contributed by atoms with Crippen molar-refractivity contribution in [3.63, 3.8) is 0 Å². The molecular weight excluding hydrogens is 583 g/mol. The third kappa shape index (κ3) is 7.28. The van der Waals surface area contributed by atoms with E-state index in [1.807, 2.05) is 0 Å². The van der Waals surface area contributed by atoms with Gasteiger partial charge < -0.3 is 14.2 Å². The number of nitrogens with zero attached hydrogens (tertiary/aromatic N) is 6. The predicted molar refractivity (Wildman–Crippen MR) is 142 cm³/mol. The molecule has 0 saturated heterocycles. The number of pyridine rings is 1. The summed E-state index contributed by atoms with van der Waals surface area (Å²) < 4.78 is 87.8. The Morgan fingerprint density at radius 2 is 1.60 bits per heavy atom. The van der Waals surface area contributed by atoms with Crippen molar-refractivity contribution in [3.8, 4) is 11.8 Å². The lowest BCUT2D eigenvalue weighted by atomic mass is 9.91. The molecule has 3 heterocycles. The molecule has 11 nitrogen and oxygen atoms in total. The Bertz CT molecular complexity index is 1480. The minimum Gasteiger partial charge on any atom is -0.443 e. The maximum Gasteiger partial charge on any atom is 0.425 e. The number of rotatable bonds is 4. The molecule has 0 aliphatic heterocycles. The summed E-state index contributed by atoms with van der Waals surface area (Å²) in [5, 5.41) is 3.83. The van der Waals surface area contributed by atoms with Crippen molar-refractivity contribution >= 4 is 29.0 Å². The lowest BCUT2D eigenvalue weighted by Gasteiger charge is -2.31. The summed E-state index contributed by atoms with van der Waals surface area (Å²) in [4.78, 5) is 39.1. The van der Waals surface area contributed by atoms with Crippen molar-refractivity contribution in [2.24, 2.45) is 0 Å². The van der Waals surface area contributed by atoms with Gasteiger partial charge in [0.2, 0.25) is 5.88 Å². The maximum absolute atomic E-state index is 15.1. The first-order valence-electron chi connectivity index (χ1n) is 13.3. The van der Waals surface area contributed by atoms with Gasteiger partial charge in [-0.2, -0.15) is 18.1 Å². The fraction of sp³-hybridized carbons (Fsp3) is 0.556. The molecule has 0 radical (unpaired) electrons. The summed E-state index contributed by atoms with van der Waals surface area (Å²) in [6, 6.07) is -0.217. The van der Waals surface area contributed by atoms with E-state index >= 15 is 8.78 Å². The Kier molecular flexibility index (Phi) is 8.28. The lowest BCUT2D eigenvalue weighted by Crippen LogP contribution is -2.44. The molecular formula is C27H31F5N6O5. The Morgan fingerprint density at radius 1 is 0.977 bits per heavy atom. The molecule has 1 fully saturated rings. The van der Waals surface area contributed by atoms with Gasteiger partial charge in [-0.3, -0.25) is 0 Å². The normalized spacial score (nSPS) is 17.4. The summed E-state index contributed by atoms with van der Waals surface area (Å²) in [5.74, 6) is -4.91. The van der Waals surface area contributed by atoms with Crippen LogP contribution >= 0.6 is 0 Å². The number of ether oxygens (including phenoxy) is 3. The van der Waals surface area contributed by atoms with Gasteiger partial charge in [-0.15, -0.1) is 5.10 Å². The van der Waals surface area contributed by atoms with Crippen LogP contribution in [0.25, 0.3) is 11.0 Å².